The van der Waals surface area contributed by atoms with Crippen LogP contribution >= 0.6 is 0 Å². The van der Waals surface area contributed by atoms with Crippen molar-refractivity contribution in [1.29, 1.82) is 0 Å². The molecule has 0 aromatic carbocycles. The van der Waals surface area contributed by atoms with Crippen molar-refractivity contribution in [2.24, 2.45) is 0 Å². The number of hydrogen-bond acceptors (Lipinski definition) is 4. The molecule has 0 aliphatic carbocycles. The maximum Gasteiger partial charge on any atom is 2.00 e. The summed E-state index contributed by atoms with van der Waals surface area (Å²) in [6, 6.07) is 18.2. The van der Waals surface area contributed by atoms with Crippen LogP contribution < -0.4 is 0 Å². The summed E-state index contributed by atoms with van der Waals surface area (Å²) >= 11 is 0. The maximum atomic E-state index is 13.2. The van der Waals surface area contributed by atoms with Crippen LogP contribution in [0.15, 0.2) is 60.9 Å². The molecule has 0 aliphatic heterocycles. The Morgan fingerprint density at radius 3 is 1.63 bits per heavy atom. The zero-order chi connectivity index (χ0) is 22.2. The molecule has 4 aromatic rings. The number of rotatable bonds is 4. The van der Waals surface area contributed by atoms with E-state index in [9.17, 15) is 8.78 Å². The molecule has 7 heteroatoms. The van der Waals surface area contributed by atoms with E-state index in [1.807, 2.05) is 26.0 Å². The molecule has 0 spiro atoms. The first-order chi connectivity index (χ1) is 14.8. The average molecular weight is 583 g/mol. The monoisotopic (exact) mass is 583 g/mol. The van der Waals surface area contributed by atoms with Gasteiger partial charge in [0.25, 0.3) is 0 Å². The minimum atomic E-state index is -0.771. The fraction of sp³-hybridized carbons (Fsp3) is 0.130. The second-order valence-corrected chi connectivity index (χ2v) is 6.86. The van der Waals surface area contributed by atoms with Gasteiger partial charge < -0.3 is 19.9 Å². The first-order valence-electron chi connectivity index (χ1n) is 9.81. The first-order valence-corrected chi connectivity index (χ1v) is 8.81. The zero-order valence-electron chi connectivity index (χ0n) is 18.0. The van der Waals surface area contributed by atoms with Gasteiger partial charge in [0.15, 0.2) is 0 Å². The molecule has 0 saturated heterocycles. The molecule has 152 valence electrons. The van der Waals surface area contributed by atoms with Gasteiger partial charge in [-0.2, -0.15) is 0 Å². The summed E-state index contributed by atoms with van der Waals surface area (Å²) < 4.78 is 42.3. The van der Waals surface area contributed by atoms with Gasteiger partial charge in [-0.05, 0) is 37.4 Å². The van der Waals surface area contributed by atoms with Crippen LogP contribution in [0.4, 0.5) is 8.78 Å². The average Bonchev–Trinajstić information content (AvgIpc) is 2.74. The smallest absolute Gasteiger partial charge is 0.326 e. The summed E-state index contributed by atoms with van der Waals surface area (Å²) in [4.78, 5) is 16.3. The summed E-state index contributed by atoms with van der Waals surface area (Å²) in [6.07, 6.45) is -0.491. The Morgan fingerprint density at radius 2 is 1.23 bits per heavy atom. The van der Waals surface area contributed by atoms with Gasteiger partial charge in [0.1, 0.15) is 11.9 Å². The van der Waals surface area contributed by atoms with E-state index in [4.69, 9.17) is 2.74 Å². The van der Waals surface area contributed by atoms with Crippen LogP contribution in [0, 0.1) is 24.0 Å². The summed E-state index contributed by atoms with van der Waals surface area (Å²) in [6.45, 7) is 3.88. The summed E-state index contributed by atoms with van der Waals surface area (Å²) in [5, 5.41) is 0. The van der Waals surface area contributed by atoms with Gasteiger partial charge in [0.2, 0.25) is 0 Å². The molecule has 4 rings (SSSR count). The van der Waals surface area contributed by atoms with Crippen molar-refractivity contribution in [2.75, 3.05) is 0 Å². The second-order valence-electron chi connectivity index (χ2n) is 6.86. The fourth-order valence-electron chi connectivity index (χ4n) is 2.85. The van der Waals surface area contributed by atoms with Gasteiger partial charge in [-0.1, -0.05) is 48.7 Å². The van der Waals surface area contributed by atoms with Crippen LogP contribution in [-0.4, -0.2) is 19.9 Å². The Bertz CT molecular complexity index is 1190. The maximum absolute atomic E-state index is 13.2. The fourth-order valence-corrected chi connectivity index (χ4v) is 2.85. The van der Waals surface area contributed by atoms with E-state index >= 15 is 0 Å². The molecule has 0 amide bonds. The van der Waals surface area contributed by atoms with Gasteiger partial charge in [0.05, 0.1) is 0 Å². The Hall–Kier alpha value is -2.85. The molecular weight excluding hydrogens is 565 g/mol. The molecule has 0 fully saturated rings. The first kappa shape index (κ1) is 19.1. The Kier molecular flexibility index (Phi) is 5.66. The molecule has 0 aliphatic rings. The Labute approximate surface area is 190 Å². The van der Waals surface area contributed by atoms with E-state index in [0.29, 0.717) is 33.9 Å². The second kappa shape index (κ2) is 8.88. The molecule has 0 saturated carbocycles. The van der Waals surface area contributed by atoms with E-state index in [1.165, 1.54) is 0 Å². The van der Waals surface area contributed by atoms with Crippen molar-refractivity contribution in [3.63, 3.8) is 0 Å². The van der Waals surface area contributed by atoms with Crippen LogP contribution in [0.2, 0.25) is 0 Å². The van der Waals surface area contributed by atoms with E-state index < -0.39 is 17.3 Å². The van der Waals surface area contributed by atoms with Crippen molar-refractivity contribution < 1.29 is 32.6 Å². The van der Waals surface area contributed by atoms with Crippen molar-refractivity contribution >= 4 is 0 Å². The van der Waals surface area contributed by atoms with Gasteiger partial charge >= 0.3 is 21.1 Å². The topological polar surface area (TPSA) is 51.6 Å². The summed E-state index contributed by atoms with van der Waals surface area (Å²) in [5.74, 6) is -1.54. The predicted octanol–water partition coefficient (Wildman–Crippen LogP) is 4.80. The van der Waals surface area contributed by atoms with Crippen molar-refractivity contribution in [2.45, 2.75) is 19.3 Å². The molecule has 4 aromatic heterocycles. The quantitative estimate of drug-likeness (QED) is 0.256. The summed E-state index contributed by atoms with van der Waals surface area (Å²) in [7, 11) is 0. The van der Waals surface area contributed by atoms with E-state index in [0.717, 1.165) is 12.1 Å². The molecule has 0 unspecified atom stereocenters. The van der Waals surface area contributed by atoms with Crippen molar-refractivity contribution in [1.82, 2.24) is 19.9 Å². The molecule has 4 heterocycles. The predicted molar refractivity (Wildman–Crippen MR) is 105 cm³/mol. The largest absolute Gasteiger partial charge is 2.00 e. The molecule has 0 bridgehead atoms. The van der Waals surface area contributed by atoms with Crippen LogP contribution in [0.3, 0.4) is 0 Å². The van der Waals surface area contributed by atoms with Crippen LogP contribution in [0.25, 0.3) is 22.5 Å². The minimum Gasteiger partial charge on any atom is -0.326 e. The van der Waals surface area contributed by atoms with E-state index in [2.05, 4.69) is 32.1 Å². The van der Waals surface area contributed by atoms with E-state index in [1.54, 1.807) is 24.3 Å². The van der Waals surface area contributed by atoms with Crippen LogP contribution in [-0.2, 0) is 26.5 Å². The van der Waals surface area contributed by atoms with Crippen molar-refractivity contribution in [3.8, 4) is 22.5 Å². The number of pyridine rings is 4. The molecule has 0 N–H and O–H groups in total. The standard InChI is InChI=1S/C23H16F2N4.Pt/c1-23(2,19-7-3-5-17(28-19)15-9-11-21(24)26-13-15)20-8-4-6-18(29-20)16-10-12-22(25)27-14-16;/h3-8,11-14H,1-2H3;/q-2;+2/i13D,14D;. The molecule has 0 radical (unpaired) electrons. The number of halogens is 2. The molecular formula is C23H16F2N4Pt. The third kappa shape index (κ3) is 4.49. The molecule has 30 heavy (non-hydrogen) atoms. The SMILES string of the molecule is [2H]c1nc(F)c[c-]c1-c1cccc(C(C)(C)c2cccc(-c3[c-]cc(F)nc3[2H])n2)n1.[Pt+2]. The molecule has 0 atom stereocenters. The molecule has 4 nitrogen and oxygen atoms in total. The Morgan fingerprint density at radius 1 is 0.800 bits per heavy atom. The van der Waals surface area contributed by atoms with Gasteiger partial charge in [0, 0.05) is 19.5 Å². The number of aromatic nitrogens is 4. The van der Waals surface area contributed by atoms with Gasteiger partial charge in [-0.15, -0.1) is 23.3 Å². The minimum absolute atomic E-state index is 0. The van der Waals surface area contributed by atoms with Gasteiger partial charge in [-0.3, -0.25) is 0 Å². The van der Waals surface area contributed by atoms with Crippen molar-refractivity contribution in [3.05, 3.63) is 96.3 Å². The third-order valence-electron chi connectivity index (χ3n) is 4.51. The van der Waals surface area contributed by atoms with E-state index in [-0.39, 0.29) is 33.4 Å². The normalized spacial score (nSPS) is 12.0. The summed E-state index contributed by atoms with van der Waals surface area (Å²) in [5.41, 5.74) is 2.17. The van der Waals surface area contributed by atoms with Gasteiger partial charge in [-0.25, -0.2) is 8.78 Å². The number of hydrogen-bond donors (Lipinski definition) is 0. The van der Waals surface area contributed by atoms with Crippen LogP contribution in [0.1, 0.15) is 28.0 Å². The Balaban J connectivity index is 0.00000289. The third-order valence-corrected chi connectivity index (χ3v) is 4.51. The van der Waals surface area contributed by atoms with Crippen LogP contribution in [0.5, 0.6) is 0 Å². The zero-order valence-corrected chi connectivity index (χ0v) is 18.3. The number of nitrogens with zero attached hydrogens (tertiary/aromatic N) is 4.